The smallest absolute Gasteiger partial charge is 0.267 e. The summed E-state index contributed by atoms with van der Waals surface area (Å²) in [7, 11) is 0. The van der Waals surface area contributed by atoms with E-state index in [4.69, 9.17) is 4.74 Å². The summed E-state index contributed by atoms with van der Waals surface area (Å²) in [6.07, 6.45) is 0.907. The molecule has 1 saturated heterocycles. The first-order valence-electron chi connectivity index (χ1n) is 7.77. The Balaban J connectivity index is 1.62. The Hall–Kier alpha value is -2.74. The first-order chi connectivity index (χ1) is 12.0. The van der Waals surface area contributed by atoms with Gasteiger partial charge in [-0.1, -0.05) is 6.58 Å². The minimum atomic E-state index is -0.983. The van der Waals surface area contributed by atoms with E-state index in [1.807, 2.05) is 0 Å². The summed E-state index contributed by atoms with van der Waals surface area (Å²) in [5, 5.41) is 3.09. The van der Waals surface area contributed by atoms with Crippen LogP contribution in [0.4, 0.5) is 8.78 Å². The first-order valence-corrected chi connectivity index (χ1v) is 7.77. The van der Waals surface area contributed by atoms with E-state index in [9.17, 15) is 18.4 Å². The number of fused-ring (bicyclic) bond motifs is 1. The van der Waals surface area contributed by atoms with Crippen LogP contribution in [0.25, 0.3) is 10.9 Å². The van der Waals surface area contributed by atoms with Crippen LogP contribution < -0.4 is 5.32 Å². The quantitative estimate of drug-likeness (QED) is 0.823. The number of carbonyl (C=O) groups is 2. The van der Waals surface area contributed by atoms with Gasteiger partial charge in [0, 0.05) is 36.6 Å². The van der Waals surface area contributed by atoms with Crippen molar-refractivity contribution in [3.05, 3.63) is 48.2 Å². The van der Waals surface area contributed by atoms with E-state index >= 15 is 0 Å². The molecule has 1 unspecified atom stereocenters. The van der Waals surface area contributed by atoms with Gasteiger partial charge in [0.15, 0.2) is 11.6 Å². The van der Waals surface area contributed by atoms with Crippen LogP contribution in [0, 0.1) is 11.6 Å². The molecule has 1 fully saturated rings. The van der Waals surface area contributed by atoms with Gasteiger partial charge in [0.25, 0.3) is 5.91 Å². The minimum Gasteiger partial charge on any atom is -0.373 e. The fraction of sp³-hybridized carbons (Fsp3) is 0.294. The lowest BCUT2D eigenvalue weighted by Gasteiger charge is -2.32. The highest BCUT2D eigenvalue weighted by molar-refractivity contribution is 5.98. The van der Waals surface area contributed by atoms with E-state index in [0.717, 1.165) is 12.1 Å². The predicted molar refractivity (Wildman–Crippen MR) is 87.1 cm³/mol. The molecule has 0 saturated carbocycles. The zero-order chi connectivity index (χ0) is 18.0. The van der Waals surface area contributed by atoms with Crippen molar-refractivity contribution >= 4 is 22.7 Å². The Morgan fingerprint density at radius 2 is 2.12 bits per heavy atom. The number of carbonyl (C=O) groups excluding carboxylic acids is 2. The third-order valence-electron chi connectivity index (χ3n) is 4.02. The van der Waals surface area contributed by atoms with Crippen molar-refractivity contribution in [1.82, 2.24) is 15.2 Å². The van der Waals surface area contributed by atoms with Gasteiger partial charge in [-0.05, 0) is 18.2 Å². The van der Waals surface area contributed by atoms with Gasteiger partial charge in [-0.3, -0.25) is 9.59 Å². The number of aromatic amines is 1. The van der Waals surface area contributed by atoms with Gasteiger partial charge in [0.05, 0.1) is 12.7 Å². The number of morpholine rings is 1. The number of hydrogen-bond acceptors (Lipinski definition) is 3. The Morgan fingerprint density at radius 1 is 1.36 bits per heavy atom. The topological polar surface area (TPSA) is 74.4 Å². The Bertz CT molecular complexity index is 795. The van der Waals surface area contributed by atoms with Gasteiger partial charge in [-0.2, -0.15) is 0 Å². The molecule has 2 N–H and O–H groups in total. The number of rotatable bonds is 4. The van der Waals surface area contributed by atoms with Crippen molar-refractivity contribution in [3.63, 3.8) is 0 Å². The van der Waals surface area contributed by atoms with Crippen LogP contribution in [0.1, 0.15) is 10.5 Å². The molecule has 6 nitrogen and oxygen atoms in total. The van der Waals surface area contributed by atoms with E-state index < -0.39 is 17.5 Å². The summed E-state index contributed by atoms with van der Waals surface area (Å²) < 4.78 is 32.0. The van der Waals surface area contributed by atoms with Crippen molar-refractivity contribution in [3.8, 4) is 0 Å². The van der Waals surface area contributed by atoms with E-state index in [1.165, 1.54) is 12.1 Å². The predicted octanol–water partition coefficient (Wildman–Crippen LogP) is 1.59. The summed E-state index contributed by atoms with van der Waals surface area (Å²) in [5.41, 5.74) is 0.524. The molecule has 2 amide bonds. The van der Waals surface area contributed by atoms with Crippen molar-refractivity contribution in [1.29, 1.82) is 0 Å². The van der Waals surface area contributed by atoms with Gasteiger partial charge in [-0.25, -0.2) is 8.78 Å². The Labute approximate surface area is 142 Å². The van der Waals surface area contributed by atoms with Crippen LogP contribution >= 0.6 is 0 Å². The van der Waals surface area contributed by atoms with Crippen molar-refractivity contribution in [2.75, 3.05) is 26.2 Å². The number of benzene rings is 1. The molecular weight excluding hydrogens is 332 g/mol. The number of ether oxygens (including phenoxy) is 1. The average Bonchev–Trinajstić information content (AvgIpc) is 3.02. The molecule has 1 aromatic carbocycles. The number of hydrogen-bond donors (Lipinski definition) is 2. The van der Waals surface area contributed by atoms with Crippen LogP contribution in [0.3, 0.4) is 0 Å². The molecule has 1 aliphatic rings. The van der Waals surface area contributed by atoms with E-state index in [-0.39, 0.29) is 24.2 Å². The average molecular weight is 349 g/mol. The summed E-state index contributed by atoms with van der Waals surface area (Å²) >= 11 is 0. The number of nitrogens with one attached hydrogen (secondary N) is 2. The molecule has 0 spiro atoms. The third kappa shape index (κ3) is 3.69. The molecule has 1 aromatic heterocycles. The van der Waals surface area contributed by atoms with E-state index in [0.29, 0.717) is 30.6 Å². The highest BCUT2D eigenvalue weighted by atomic mass is 19.2. The molecule has 1 atom stereocenters. The van der Waals surface area contributed by atoms with Gasteiger partial charge < -0.3 is 19.9 Å². The normalized spacial score (nSPS) is 17.5. The lowest BCUT2D eigenvalue weighted by Crippen LogP contribution is -2.49. The standard InChI is InChI=1S/C17H17F2N3O3/c1-2-16(23)22-3-4-25-11(9-22)8-20-17(24)15-6-10-5-12(18)13(19)7-14(10)21-15/h2,5-7,11,21H,1,3-4,8-9H2,(H,20,24). The van der Waals surface area contributed by atoms with Gasteiger partial charge in [0.1, 0.15) is 5.69 Å². The monoisotopic (exact) mass is 349 g/mol. The Morgan fingerprint density at radius 3 is 2.88 bits per heavy atom. The van der Waals surface area contributed by atoms with Gasteiger partial charge in [0.2, 0.25) is 5.91 Å². The summed E-state index contributed by atoms with van der Waals surface area (Å²) in [6.45, 7) is 4.87. The SMILES string of the molecule is C=CC(=O)N1CCOC(CNC(=O)c2cc3cc(F)c(F)cc3[nH]2)C1. The Kier molecular flexibility index (Phi) is 4.80. The van der Waals surface area contributed by atoms with Crippen molar-refractivity contribution in [2.24, 2.45) is 0 Å². The lowest BCUT2D eigenvalue weighted by molar-refractivity contribution is -0.133. The fourth-order valence-electron chi connectivity index (χ4n) is 2.72. The molecule has 0 radical (unpaired) electrons. The first kappa shape index (κ1) is 17.1. The second-order valence-corrected chi connectivity index (χ2v) is 5.73. The summed E-state index contributed by atoms with van der Waals surface area (Å²) in [5.74, 6) is -2.56. The molecule has 132 valence electrons. The molecular formula is C17H17F2N3O3. The highest BCUT2D eigenvalue weighted by Crippen LogP contribution is 2.19. The number of nitrogens with zero attached hydrogens (tertiary/aromatic N) is 1. The molecule has 0 aliphatic carbocycles. The number of aromatic nitrogens is 1. The molecule has 0 bridgehead atoms. The van der Waals surface area contributed by atoms with Crippen LogP contribution in [0.2, 0.25) is 0 Å². The van der Waals surface area contributed by atoms with Crippen molar-refractivity contribution < 1.29 is 23.1 Å². The number of amides is 2. The van der Waals surface area contributed by atoms with E-state index in [1.54, 1.807) is 4.90 Å². The lowest BCUT2D eigenvalue weighted by atomic mass is 10.2. The van der Waals surface area contributed by atoms with Crippen LogP contribution in [-0.4, -0.2) is 54.0 Å². The number of H-pyrrole nitrogens is 1. The summed E-state index contributed by atoms with van der Waals surface area (Å²) in [4.78, 5) is 28.2. The zero-order valence-electron chi connectivity index (χ0n) is 13.4. The maximum atomic E-state index is 13.2. The molecule has 2 aromatic rings. The number of halogens is 2. The zero-order valence-corrected chi connectivity index (χ0v) is 13.4. The maximum absolute atomic E-state index is 13.2. The molecule has 25 heavy (non-hydrogen) atoms. The van der Waals surface area contributed by atoms with Gasteiger partial charge >= 0.3 is 0 Å². The van der Waals surface area contributed by atoms with Crippen LogP contribution in [0.5, 0.6) is 0 Å². The highest BCUT2D eigenvalue weighted by Gasteiger charge is 2.23. The fourth-order valence-corrected chi connectivity index (χ4v) is 2.72. The molecule has 1 aliphatic heterocycles. The second kappa shape index (κ2) is 7.02. The van der Waals surface area contributed by atoms with Crippen LogP contribution in [-0.2, 0) is 9.53 Å². The summed E-state index contributed by atoms with van der Waals surface area (Å²) in [6, 6.07) is 3.48. The molecule has 8 heteroatoms. The van der Waals surface area contributed by atoms with E-state index in [2.05, 4.69) is 16.9 Å². The molecule has 2 heterocycles. The third-order valence-corrected chi connectivity index (χ3v) is 4.02. The largest absolute Gasteiger partial charge is 0.373 e. The van der Waals surface area contributed by atoms with Gasteiger partial charge in [-0.15, -0.1) is 0 Å². The maximum Gasteiger partial charge on any atom is 0.267 e. The minimum absolute atomic E-state index is 0.181. The second-order valence-electron chi connectivity index (χ2n) is 5.73. The van der Waals surface area contributed by atoms with Crippen LogP contribution in [0.15, 0.2) is 30.9 Å². The van der Waals surface area contributed by atoms with Crippen molar-refractivity contribution in [2.45, 2.75) is 6.10 Å². The molecule has 3 rings (SSSR count).